The Morgan fingerprint density at radius 2 is 1.82 bits per heavy atom. The molecule has 0 unspecified atom stereocenters. The molecule has 1 aliphatic heterocycles. The fourth-order valence-corrected chi connectivity index (χ4v) is 2.50. The van der Waals surface area contributed by atoms with Crippen molar-refractivity contribution >= 4 is 5.91 Å². The maximum absolute atomic E-state index is 12.4. The molecule has 0 saturated carbocycles. The van der Waals surface area contributed by atoms with Gasteiger partial charge in [-0.25, -0.2) is 0 Å². The lowest BCUT2D eigenvalue weighted by atomic mass is 10.1. The molecule has 1 aromatic rings. The van der Waals surface area contributed by atoms with Crippen LogP contribution in [0.3, 0.4) is 0 Å². The fraction of sp³-hybridized carbons (Fsp3) is 0.500. The molecule has 0 aliphatic carbocycles. The average molecular weight is 233 g/mol. The van der Waals surface area contributed by atoms with E-state index >= 15 is 0 Å². The summed E-state index contributed by atoms with van der Waals surface area (Å²) in [7, 11) is 0. The Morgan fingerprint density at radius 3 is 2.29 bits per heavy atom. The van der Waals surface area contributed by atoms with E-state index in [4.69, 9.17) is 4.74 Å². The molecule has 1 amide bonds. The topological polar surface area (TPSA) is 29.5 Å². The average Bonchev–Trinajstić information content (AvgIpc) is 2.50. The van der Waals surface area contributed by atoms with Gasteiger partial charge in [0.15, 0.2) is 6.10 Å². The number of amides is 1. The number of hydrogen-bond donors (Lipinski definition) is 0. The zero-order valence-corrected chi connectivity index (χ0v) is 10.8. The Hall–Kier alpha value is -1.35. The quantitative estimate of drug-likeness (QED) is 0.786. The Morgan fingerprint density at radius 1 is 1.24 bits per heavy atom. The summed E-state index contributed by atoms with van der Waals surface area (Å²) >= 11 is 0. The van der Waals surface area contributed by atoms with E-state index in [0.29, 0.717) is 0 Å². The Labute approximate surface area is 102 Å². The lowest BCUT2D eigenvalue weighted by Gasteiger charge is -2.32. The van der Waals surface area contributed by atoms with Crippen LogP contribution in [0.2, 0.25) is 0 Å². The minimum absolute atomic E-state index is 0.0520. The number of ether oxygens (including phenoxy) is 1. The monoisotopic (exact) mass is 233 g/mol. The summed E-state index contributed by atoms with van der Waals surface area (Å²) < 4.78 is 5.90. The van der Waals surface area contributed by atoms with Crippen molar-refractivity contribution in [3.63, 3.8) is 0 Å². The van der Waals surface area contributed by atoms with E-state index in [-0.39, 0.29) is 11.9 Å². The van der Waals surface area contributed by atoms with E-state index in [1.807, 2.05) is 62.9 Å². The minimum Gasteiger partial charge on any atom is -0.338 e. The zero-order valence-electron chi connectivity index (χ0n) is 10.8. The highest BCUT2D eigenvalue weighted by molar-refractivity contribution is 5.84. The van der Waals surface area contributed by atoms with Crippen molar-refractivity contribution in [2.75, 3.05) is 0 Å². The predicted molar refractivity (Wildman–Crippen MR) is 66.3 cm³/mol. The Bertz CT molecular complexity index is 411. The molecule has 17 heavy (non-hydrogen) atoms. The molecule has 3 nitrogen and oxygen atoms in total. The predicted octanol–water partition coefficient (Wildman–Crippen LogP) is 2.73. The van der Waals surface area contributed by atoms with Crippen LogP contribution < -0.4 is 0 Å². The summed E-state index contributed by atoms with van der Waals surface area (Å²) in [6, 6.07) is 9.80. The SMILES string of the molecule is CC(C)N1C(=O)[C@H](c2ccccc2)OC1(C)C. The van der Waals surface area contributed by atoms with E-state index < -0.39 is 11.8 Å². The molecule has 1 heterocycles. The molecule has 0 aromatic heterocycles. The highest BCUT2D eigenvalue weighted by atomic mass is 16.5. The normalized spacial score (nSPS) is 23.5. The molecule has 3 heteroatoms. The number of rotatable bonds is 2. The lowest BCUT2D eigenvalue weighted by molar-refractivity contribution is -0.134. The summed E-state index contributed by atoms with van der Waals surface area (Å²) in [5.41, 5.74) is 0.389. The molecule has 2 rings (SSSR count). The lowest BCUT2D eigenvalue weighted by Crippen LogP contribution is -2.46. The fourth-order valence-electron chi connectivity index (χ4n) is 2.50. The van der Waals surface area contributed by atoms with Gasteiger partial charge in [0, 0.05) is 6.04 Å². The number of carbonyl (C=O) groups excluding carboxylic acids is 1. The first-order valence-corrected chi connectivity index (χ1v) is 5.99. The highest BCUT2D eigenvalue weighted by Crippen LogP contribution is 2.37. The third-order valence-corrected chi connectivity index (χ3v) is 3.07. The molecular formula is C14H19NO2. The van der Waals surface area contributed by atoms with E-state index in [1.54, 1.807) is 0 Å². The van der Waals surface area contributed by atoms with Crippen LogP contribution in [-0.2, 0) is 9.53 Å². The molecule has 1 aromatic carbocycles. The van der Waals surface area contributed by atoms with Crippen molar-refractivity contribution in [2.24, 2.45) is 0 Å². The van der Waals surface area contributed by atoms with Gasteiger partial charge in [0.2, 0.25) is 0 Å². The van der Waals surface area contributed by atoms with Gasteiger partial charge in [0.25, 0.3) is 5.91 Å². The van der Waals surface area contributed by atoms with Crippen molar-refractivity contribution < 1.29 is 9.53 Å². The molecule has 1 aliphatic rings. The molecule has 0 N–H and O–H groups in total. The van der Waals surface area contributed by atoms with Crippen LogP contribution in [0.1, 0.15) is 39.4 Å². The summed E-state index contributed by atoms with van der Waals surface area (Å²) in [6.07, 6.45) is -0.464. The third kappa shape index (κ3) is 2.07. The highest BCUT2D eigenvalue weighted by Gasteiger charge is 2.47. The van der Waals surface area contributed by atoms with Gasteiger partial charge >= 0.3 is 0 Å². The molecule has 0 radical (unpaired) electrons. The molecular weight excluding hydrogens is 214 g/mol. The summed E-state index contributed by atoms with van der Waals surface area (Å²) in [5, 5.41) is 0. The van der Waals surface area contributed by atoms with Crippen molar-refractivity contribution in [3.8, 4) is 0 Å². The molecule has 0 spiro atoms. The first kappa shape index (κ1) is 12.1. The van der Waals surface area contributed by atoms with Gasteiger partial charge in [-0.15, -0.1) is 0 Å². The summed E-state index contributed by atoms with van der Waals surface area (Å²) in [4.78, 5) is 14.2. The van der Waals surface area contributed by atoms with Crippen LogP contribution in [0.4, 0.5) is 0 Å². The van der Waals surface area contributed by atoms with Crippen molar-refractivity contribution in [3.05, 3.63) is 35.9 Å². The van der Waals surface area contributed by atoms with Crippen LogP contribution >= 0.6 is 0 Å². The third-order valence-electron chi connectivity index (χ3n) is 3.07. The Balaban J connectivity index is 2.33. The number of hydrogen-bond acceptors (Lipinski definition) is 2. The number of benzene rings is 1. The van der Waals surface area contributed by atoms with Gasteiger partial charge in [0.05, 0.1) is 0 Å². The smallest absolute Gasteiger partial charge is 0.258 e. The first-order chi connectivity index (χ1) is 7.93. The van der Waals surface area contributed by atoms with Gasteiger partial charge in [-0.1, -0.05) is 30.3 Å². The molecule has 0 bridgehead atoms. The minimum atomic E-state index is -0.536. The second-order valence-electron chi connectivity index (χ2n) is 5.16. The molecule has 1 saturated heterocycles. The second kappa shape index (κ2) is 4.15. The summed E-state index contributed by atoms with van der Waals surface area (Å²) in [6.45, 7) is 7.90. The van der Waals surface area contributed by atoms with Crippen molar-refractivity contribution in [1.82, 2.24) is 4.90 Å². The van der Waals surface area contributed by atoms with Crippen LogP contribution in [0.5, 0.6) is 0 Å². The van der Waals surface area contributed by atoms with Gasteiger partial charge in [-0.05, 0) is 33.3 Å². The van der Waals surface area contributed by atoms with Gasteiger partial charge < -0.3 is 9.64 Å². The number of nitrogens with zero attached hydrogens (tertiary/aromatic N) is 1. The van der Waals surface area contributed by atoms with Crippen LogP contribution in [0.25, 0.3) is 0 Å². The number of carbonyl (C=O) groups is 1. The van der Waals surface area contributed by atoms with Gasteiger partial charge in [0.1, 0.15) is 5.72 Å². The maximum Gasteiger partial charge on any atom is 0.258 e. The van der Waals surface area contributed by atoms with Gasteiger partial charge in [-0.3, -0.25) is 4.79 Å². The van der Waals surface area contributed by atoms with Crippen LogP contribution in [-0.4, -0.2) is 22.6 Å². The molecule has 92 valence electrons. The van der Waals surface area contributed by atoms with E-state index in [2.05, 4.69) is 0 Å². The van der Waals surface area contributed by atoms with Gasteiger partial charge in [-0.2, -0.15) is 0 Å². The largest absolute Gasteiger partial charge is 0.338 e. The maximum atomic E-state index is 12.4. The molecule has 1 fully saturated rings. The van der Waals surface area contributed by atoms with Crippen LogP contribution in [0, 0.1) is 0 Å². The molecule has 1 atom stereocenters. The Kier molecular flexibility index (Phi) is 2.96. The van der Waals surface area contributed by atoms with E-state index in [0.717, 1.165) is 5.56 Å². The first-order valence-electron chi connectivity index (χ1n) is 5.99. The second-order valence-corrected chi connectivity index (χ2v) is 5.16. The standard InChI is InChI=1S/C14H19NO2/c1-10(2)15-13(16)12(17-14(15,3)4)11-8-6-5-7-9-11/h5-10,12H,1-4H3/t12-/m0/s1. The van der Waals surface area contributed by atoms with Crippen molar-refractivity contribution in [1.29, 1.82) is 0 Å². The van der Waals surface area contributed by atoms with Crippen molar-refractivity contribution in [2.45, 2.75) is 45.6 Å². The summed E-state index contributed by atoms with van der Waals surface area (Å²) in [5.74, 6) is 0.0520. The zero-order chi connectivity index (χ0) is 12.6. The van der Waals surface area contributed by atoms with Crippen LogP contribution in [0.15, 0.2) is 30.3 Å². The van der Waals surface area contributed by atoms with E-state index in [9.17, 15) is 4.79 Å². The van der Waals surface area contributed by atoms with E-state index in [1.165, 1.54) is 0 Å².